The van der Waals surface area contributed by atoms with Gasteiger partial charge in [-0.25, -0.2) is 0 Å². The number of carbonyl (C=O) groups excluding carboxylic acids is 1. The van der Waals surface area contributed by atoms with Crippen LogP contribution in [0.3, 0.4) is 0 Å². The van der Waals surface area contributed by atoms with Crippen molar-refractivity contribution in [3.63, 3.8) is 0 Å². The minimum Gasteiger partial charge on any atom is -0.299 e. The van der Waals surface area contributed by atoms with E-state index in [-0.39, 0.29) is 0 Å². The molecule has 0 saturated heterocycles. The number of hydrogen-bond acceptors (Lipinski definition) is 1. The van der Waals surface area contributed by atoms with Crippen molar-refractivity contribution >= 4 is 5.78 Å². The molecule has 0 aromatic heterocycles. The van der Waals surface area contributed by atoms with Gasteiger partial charge in [-0.2, -0.15) is 0 Å². The molecule has 0 radical (unpaired) electrons. The standard InChI is InChI=1S/C10H18O/c1-7(2)9-6-8(3)4-5-10(9)11/h7-9H,4-6H2,1-3H3/t8-,9?/m0/s1. The lowest BCUT2D eigenvalue weighted by atomic mass is 9.76. The molecule has 1 heteroatoms. The Morgan fingerprint density at radius 2 is 2.09 bits per heavy atom. The topological polar surface area (TPSA) is 17.1 Å². The van der Waals surface area contributed by atoms with E-state index in [0.717, 1.165) is 25.2 Å². The molecule has 64 valence electrons. The Balaban J connectivity index is 2.54. The van der Waals surface area contributed by atoms with E-state index in [1.54, 1.807) is 0 Å². The van der Waals surface area contributed by atoms with Crippen LogP contribution >= 0.6 is 0 Å². The maximum Gasteiger partial charge on any atom is 0.136 e. The largest absolute Gasteiger partial charge is 0.299 e. The van der Waals surface area contributed by atoms with E-state index in [9.17, 15) is 4.79 Å². The van der Waals surface area contributed by atoms with E-state index < -0.39 is 0 Å². The van der Waals surface area contributed by atoms with Gasteiger partial charge in [-0.05, 0) is 24.7 Å². The summed E-state index contributed by atoms with van der Waals surface area (Å²) in [4.78, 5) is 11.4. The molecule has 0 bridgehead atoms. The van der Waals surface area contributed by atoms with Gasteiger partial charge >= 0.3 is 0 Å². The number of rotatable bonds is 1. The molecule has 0 N–H and O–H groups in total. The third-order valence-corrected chi connectivity index (χ3v) is 2.76. The molecule has 1 saturated carbocycles. The summed E-state index contributed by atoms with van der Waals surface area (Å²) >= 11 is 0. The second kappa shape index (κ2) is 3.38. The molecule has 1 aliphatic rings. The highest BCUT2D eigenvalue weighted by Gasteiger charge is 2.28. The zero-order valence-corrected chi connectivity index (χ0v) is 7.76. The molecule has 0 aromatic carbocycles. The van der Waals surface area contributed by atoms with Gasteiger partial charge in [-0.3, -0.25) is 4.79 Å². The van der Waals surface area contributed by atoms with Crippen LogP contribution in [0.4, 0.5) is 0 Å². The Morgan fingerprint density at radius 1 is 1.45 bits per heavy atom. The molecule has 0 aromatic rings. The average Bonchev–Trinajstić information content (AvgIpc) is 1.94. The summed E-state index contributed by atoms with van der Waals surface area (Å²) in [6.07, 6.45) is 3.06. The van der Waals surface area contributed by atoms with E-state index in [0.29, 0.717) is 17.6 Å². The summed E-state index contributed by atoms with van der Waals surface area (Å²) in [5.41, 5.74) is 0. The molecular formula is C10H18O. The van der Waals surface area contributed by atoms with E-state index >= 15 is 0 Å². The first-order valence-electron chi connectivity index (χ1n) is 4.64. The maximum absolute atomic E-state index is 11.4. The van der Waals surface area contributed by atoms with Crippen LogP contribution in [0.15, 0.2) is 0 Å². The normalized spacial score (nSPS) is 32.9. The highest BCUT2D eigenvalue weighted by Crippen LogP contribution is 2.30. The van der Waals surface area contributed by atoms with Crippen LogP contribution < -0.4 is 0 Å². The number of hydrogen-bond donors (Lipinski definition) is 0. The van der Waals surface area contributed by atoms with E-state index in [4.69, 9.17) is 0 Å². The molecule has 1 unspecified atom stereocenters. The molecule has 2 atom stereocenters. The lowest BCUT2D eigenvalue weighted by Gasteiger charge is -2.28. The van der Waals surface area contributed by atoms with Crippen LogP contribution in [0.1, 0.15) is 40.0 Å². The fourth-order valence-electron chi connectivity index (χ4n) is 1.90. The van der Waals surface area contributed by atoms with Crippen LogP contribution in [-0.2, 0) is 4.79 Å². The zero-order valence-electron chi connectivity index (χ0n) is 7.76. The van der Waals surface area contributed by atoms with Crippen molar-refractivity contribution in [3.05, 3.63) is 0 Å². The molecule has 1 rings (SSSR count). The van der Waals surface area contributed by atoms with Gasteiger partial charge in [0.15, 0.2) is 0 Å². The molecule has 0 spiro atoms. The van der Waals surface area contributed by atoms with Crippen molar-refractivity contribution in [1.82, 2.24) is 0 Å². The molecule has 0 amide bonds. The van der Waals surface area contributed by atoms with Gasteiger partial charge in [-0.1, -0.05) is 20.8 Å². The summed E-state index contributed by atoms with van der Waals surface area (Å²) in [6, 6.07) is 0. The highest BCUT2D eigenvalue weighted by atomic mass is 16.1. The first kappa shape index (κ1) is 8.76. The third kappa shape index (κ3) is 2.05. The zero-order chi connectivity index (χ0) is 8.43. The van der Waals surface area contributed by atoms with Crippen molar-refractivity contribution < 1.29 is 4.79 Å². The predicted octanol–water partition coefficient (Wildman–Crippen LogP) is 2.65. The Labute approximate surface area is 69.2 Å². The lowest BCUT2D eigenvalue weighted by Crippen LogP contribution is -2.27. The van der Waals surface area contributed by atoms with Gasteiger partial charge < -0.3 is 0 Å². The van der Waals surface area contributed by atoms with Crippen LogP contribution in [0.25, 0.3) is 0 Å². The van der Waals surface area contributed by atoms with Gasteiger partial charge in [-0.15, -0.1) is 0 Å². The van der Waals surface area contributed by atoms with Gasteiger partial charge in [0.05, 0.1) is 0 Å². The summed E-state index contributed by atoms with van der Waals surface area (Å²) in [7, 11) is 0. The number of ketones is 1. The van der Waals surface area contributed by atoms with Gasteiger partial charge in [0, 0.05) is 12.3 Å². The SMILES string of the molecule is CC(C)C1C[C@@H](C)CCC1=O. The monoisotopic (exact) mass is 154 g/mol. The molecule has 11 heavy (non-hydrogen) atoms. The van der Waals surface area contributed by atoms with Gasteiger partial charge in [0.2, 0.25) is 0 Å². The summed E-state index contributed by atoms with van der Waals surface area (Å²) < 4.78 is 0. The summed E-state index contributed by atoms with van der Waals surface area (Å²) in [5, 5.41) is 0. The predicted molar refractivity (Wildman–Crippen MR) is 46.4 cm³/mol. The van der Waals surface area contributed by atoms with E-state index in [1.165, 1.54) is 0 Å². The Kier molecular flexibility index (Phi) is 2.69. The van der Waals surface area contributed by atoms with Gasteiger partial charge in [0.1, 0.15) is 5.78 Å². The average molecular weight is 154 g/mol. The fraction of sp³-hybridized carbons (Fsp3) is 0.900. The Bertz CT molecular complexity index is 149. The van der Waals surface area contributed by atoms with E-state index in [2.05, 4.69) is 20.8 Å². The Hall–Kier alpha value is -0.330. The maximum atomic E-state index is 11.4. The molecule has 1 nitrogen and oxygen atoms in total. The summed E-state index contributed by atoms with van der Waals surface area (Å²) in [5.74, 6) is 2.17. The minimum atomic E-state index is 0.360. The van der Waals surface area contributed by atoms with Gasteiger partial charge in [0.25, 0.3) is 0 Å². The highest BCUT2D eigenvalue weighted by molar-refractivity contribution is 5.81. The van der Waals surface area contributed by atoms with Crippen LogP contribution in [-0.4, -0.2) is 5.78 Å². The number of Topliss-reactive ketones (excluding diaryl/α,β-unsaturated/α-hetero) is 1. The van der Waals surface area contributed by atoms with Crippen molar-refractivity contribution in [1.29, 1.82) is 0 Å². The second-order valence-corrected chi connectivity index (χ2v) is 4.20. The lowest BCUT2D eigenvalue weighted by molar-refractivity contribution is -0.126. The van der Waals surface area contributed by atoms with Crippen LogP contribution in [0, 0.1) is 17.8 Å². The molecule has 0 aliphatic heterocycles. The van der Waals surface area contributed by atoms with Crippen molar-refractivity contribution in [2.24, 2.45) is 17.8 Å². The van der Waals surface area contributed by atoms with Crippen molar-refractivity contribution in [2.45, 2.75) is 40.0 Å². The summed E-state index contributed by atoms with van der Waals surface area (Å²) in [6.45, 7) is 6.56. The Morgan fingerprint density at radius 3 is 2.55 bits per heavy atom. The second-order valence-electron chi connectivity index (χ2n) is 4.20. The number of carbonyl (C=O) groups is 1. The van der Waals surface area contributed by atoms with Crippen LogP contribution in [0.5, 0.6) is 0 Å². The quantitative estimate of drug-likeness (QED) is 0.567. The molecule has 0 heterocycles. The molecular weight excluding hydrogens is 136 g/mol. The minimum absolute atomic E-state index is 0.360. The first-order valence-corrected chi connectivity index (χ1v) is 4.64. The first-order chi connectivity index (χ1) is 5.11. The van der Waals surface area contributed by atoms with Crippen molar-refractivity contribution in [2.75, 3.05) is 0 Å². The van der Waals surface area contributed by atoms with Crippen molar-refractivity contribution in [3.8, 4) is 0 Å². The van der Waals surface area contributed by atoms with Crippen LogP contribution in [0.2, 0.25) is 0 Å². The molecule has 1 aliphatic carbocycles. The third-order valence-electron chi connectivity index (χ3n) is 2.76. The fourth-order valence-corrected chi connectivity index (χ4v) is 1.90. The molecule has 1 fully saturated rings. The van der Waals surface area contributed by atoms with E-state index in [1.807, 2.05) is 0 Å². The smallest absolute Gasteiger partial charge is 0.136 e.